The van der Waals surface area contributed by atoms with Gasteiger partial charge in [-0.05, 0) is 24.3 Å². The number of carbonyl (C=O) groups is 1. The minimum atomic E-state index is -0.332. The van der Waals surface area contributed by atoms with Crippen LogP contribution in [0, 0.1) is 0 Å². The summed E-state index contributed by atoms with van der Waals surface area (Å²) in [5, 5.41) is 0. The fourth-order valence-electron chi connectivity index (χ4n) is 1.23. The third kappa shape index (κ3) is 3.18. The maximum Gasteiger partial charge on any atom is 0.343 e. The Labute approximate surface area is 97.9 Å². The van der Waals surface area contributed by atoms with Gasteiger partial charge in [0.1, 0.15) is 5.75 Å². The first-order valence-corrected chi connectivity index (χ1v) is 4.68. The lowest BCUT2D eigenvalue weighted by Gasteiger charge is -2.02. The standard InChI is InChI=1S/C13H10O2.H3P/c14-13(11-7-3-1-4-8-11)15-12-9-5-2-6-10-12;/h1-10H;1H3. The number of carbonyl (C=O) groups excluding carboxylic acids is 1. The molecule has 0 amide bonds. The molecular formula is C13H13O2P. The fraction of sp³-hybridized carbons (Fsp3) is 0. The summed E-state index contributed by atoms with van der Waals surface area (Å²) in [4.78, 5) is 11.6. The van der Waals surface area contributed by atoms with E-state index in [1.54, 1.807) is 24.3 Å². The number of rotatable bonds is 2. The van der Waals surface area contributed by atoms with Gasteiger partial charge in [-0.3, -0.25) is 0 Å². The van der Waals surface area contributed by atoms with E-state index in [4.69, 9.17) is 4.74 Å². The number of para-hydroxylation sites is 1. The lowest BCUT2D eigenvalue weighted by molar-refractivity contribution is 0.0735. The molecule has 0 aliphatic rings. The van der Waals surface area contributed by atoms with Crippen molar-refractivity contribution in [3.63, 3.8) is 0 Å². The summed E-state index contributed by atoms with van der Waals surface area (Å²) in [5.41, 5.74) is 0.557. The average Bonchev–Trinajstić information content (AvgIpc) is 2.31. The number of hydrogen-bond acceptors (Lipinski definition) is 2. The molecule has 0 N–H and O–H groups in total. The van der Waals surface area contributed by atoms with Gasteiger partial charge < -0.3 is 4.74 Å². The van der Waals surface area contributed by atoms with Crippen LogP contribution < -0.4 is 4.74 Å². The predicted molar refractivity (Wildman–Crippen MR) is 68.9 cm³/mol. The maximum atomic E-state index is 11.6. The van der Waals surface area contributed by atoms with Crippen LogP contribution in [0.25, 0.3) is 0 Å². The molecule has 3 heteroatoms. The average molecular weight is 232 g/mol. The highest BCUT2D eigenvalue weighted by atomic mass is 31.0. The summed E-state index contributed by atoms with van der Waals surface area (Å²) in [6.07, 6.45) is 0. The third-order valence-electron chi connectivity index (χ3n) is 1.96. The Bertz CT molecular complexity index is 440. The predicted octanol–water partition coefficient (Wildman–Crippen LogP) is 2.96. The summed E-state index contributed by atoms with van der Waals surface area (Å²) in [6.45, 7) is 0. The maximum absolute atomic E-state index is 11.6. The van der Waals surface area contributed by atoms with Crippen molar-refractivity contribution in [1.82, 2.24) is 0 Å². The first kappa shape index (κ1) is 12.4. The molecule has 2 rings (SSSR count). The van der Waals surface area contributed by atoms with Crippen LogP contribution in [0.5, 0.6) is 5.75 Å². The van der Waals surface area contributed by atoms with Crippen molar-refractivity contribution < 1.29 is 9.53 Å². The van der Waals surface area contributed by atoms with E-state index >= 15 is 0 Å². The third-order valence-corrected chi connectivity index (χ3v) is 1.96. The van der Waals surface area contributed by atoms with Gasteiger partial charge in [0, 0.05) is 0 Å². The van der Waals surface area contributed by atoms with Gasteiger partial charge in [0.05, 0.1) is 5.56 Å². The van der Waals surface area contributed by atoms with Crippen molar-refractivity contribution in [2.75, 3.05) is 0 Å². The summed E-state index contributed by atoms with van der Waals surface area (Å²) >= 11 is 0. The second kappa shape index (κ2) is 6.04. The topological polar surface area (TPSA) is 26.3 Å². The molecule has 2 aromatic rings. The Morgan fingerprint density at radius 1 is 0.812 bits per heavy atom. The molecule has 1 unspecified atom stereocenters. The zero-order valence-corrected chi connectivity index (χ0v) is 10.2. The molecule has 0 aromatic heterocycles. The van der Waals surface area contributed by atoms with Crippen molar-refractivity contribution >= 4 is 15.9 Å². The van der Waals surface area contributed by atoms with Crippen molar-refractivity contribution in [2.24, 2.45) is 0 Å². The van der Waals surface area contributed by atoms with Crippen molar-refractivity contribution in [2.45, 2.75) is 0 Å². The van der Waals surface area contributed by atoms with Gasteiger partial charge in [-0.2, -0.15) is 9.90 Å². The van der Waals surface area contributed by atoms with E-state index in [1.165, 1.54) is 0 Å². The highest BCUT2D eigenvalue weighted by Gasteiger charge is 2.06. The van der Waals surface area contributed by atoms with Crippen LogP contribution in [0.2, 0.25) is 0 Å². The Morgan fingerprint density at radius 3 is 1.88 bits per heavy atom. The van der Waals surface area contributed by atoms with Crippen LogP contribution in [-0.2, 0) is 0 Å². The molecule has 0 saturated carbocycles. The molecule has 82 valence electrons. The minimum Gasteiger partial charge on any atom is -0.423 e. The quantitative estimate of drug-likeness (QED) is 0.452. The van der Waals surface area contributed by atoms with Gasteiger partial charge in [-0.1, -0.05) is 36.4 Å². The van der Waals surface area contributed by atoms with Gasteiger partial charge >= 0.3 is 5.97 Å². The molecule has 0 spiro atoms. The van der Waals surface area contributed by atoms with Crippen LogP contribution in [-0.4, -0.2) is 5.97 Å². The Hall–Kier alpha value is -1.66. The Balaban J connectivity index is 0.00000128. The van der Waals surface area contributed by atoms with Crippen molar-refractivity contribution in [3.8, 4) is 5.75 Å². The van der Waals surface area contributed by atoms with Gasteiger partial charge in [0.25, 0.3) is 0 Å². The van der Waals surface area contributed by atoms with Gasteiger partial charge in [0.2, 0.25) is 0 Å². The van der Waals surface area contributed by atoms with E-state index in [2.05, 4.69) is 0 Å². The molecule has 16 heavy (non-hydrogen) atoms. The smallest absolute Gasteiger partial charge is 0.343 e. The van der Waals surface area contributed by atoms with Gasteiger partial charge in [-0.15, -0.1) is 0 Å². The van der Waals surface area contributed by atoms with Crippen LogP contribution in [0.4, 0.5) is 0 Å². The number of ether oxygens (including phenoxy) is 1. The van der Waals surface area contributed by atoms with E-state index < -0.39 is 0 Å². The summed E-state index contributed by atoms with van der Waals surface area (Å²) in [5.74, 6) is 0.230. The zero-order chi connectivity index (χ0) is 10.5. The Kier molecular flexibility index (Phi) is 4.68. The van der Waals surface area contributed by atoms with Crippen LogP contribution in [0.15, 0.2) is 60.7 Å². The molecular weight excluding hydrogens is 219 g/mol. The molecule has 0 fully saturated rings. The number of hydrogen-bond donors (Lipinski definition) is 0. The van der Waals surface area contributed by atoms with Crippen molar-refractivity contribution in [3.05, 3.63) is 66.2 Å². The van der Waals surface area contributed by atoms with E-state index in [9.17, 15) is 4.79 Å². The SMILES string of the molecule is O=C(Oc1ccccc1)c1ccccc1.P. The first-order valence-electron chi connectivity index (χ1n) is 4.68. The molecule has 0 bridgehead atoms. The Morgan fingerprint density at radius 2 is 1.31 bits per heavy atom. The van der Waals surface area contributed by atoms with Crippen LogP contribution >= 0.6 is 9.90 Å². The molecule has 0 radical (unpaired) electrons. The van der Waals surface area contributed by atoms with Gasteiger partial charge in [-0.25, -0.2) is 4.79 Å². The molecule has 2 nitrogen and oxygen atoms in total. The van der Waals surface area contributed by atoms with E-state index in [1.807, 2.05) is 36.4 Å². The highest BCUT2D eigenvalue weighted by molar-refractivity contribution is 6.92. The lowest BCUT2D eigenvalue weighted by atomic mass is 10.2. The monoisotopic (exact) mass is 232 g/mol. The molecule has 1 atom stereocenters. The molecule has 0 aliphatic heterocycles. The van der Waals surface area contributed by atoms with Crippen molar-refractivity contribution in [1.29, 1.82) is 0 Å². The molecule has 2 aromatic carbocycles. The number of benzene rings is 2. The second-order valence-corrected chi connectivity index (χ2v) is 3.07. The molecule has 0 saturated heterocycles. The van der Waals surface area contributed by atoms with E-state index in [-0.39, 0.29) is 15.9 Å². The minimum absolute atomic E-state index is 0. The second-order valence-electron chi connectivity index (χ2n) is 3.07. The van der Waals surface area contributed by atoms with Gasteiger partial charge in [0.15, 0.2) is 0 Å². The zero-order valence-electron chi connectivity index (χ0n) is 8.80. The first-order chi connectivity index (χ1) is 7.36. The lowest BCUT2D eigenvalue weighted by Crippen LogP contribution is -2.07. The van der Waals surface area contributed by atoms with E-state index in [0.29, 0.717) is 11.3 Å². The molecule has 0 aliphatic carbocycles. The van der Waals surface area contributed by atoms with Crippen LogP contribution in [0.1, 0.15) is 10.4 Å². The van der Waals surface area contributed by atoms with E-state index in [0.717, 1.165) is 0 Å². The fourth-order valence-corrected chi connectivity index (χ4v) is 1.23. The summed E-state index contributed by atoms with van der Waals surface area (Å²) in [7, 11) is 0. The van der Waals surface area contributed by atoms with Crippen LogP contribution in [0.3, 0.4) is 0 Å². The highest BCUT2D eigenvalue weighted by Crippen LogP contribution is 2.11. The molecule has 0 heterocycles. The summed E-state index contributed by atoms with van der Waals surface area (Å²) < 4.78 is 5.16. The normalized spacial score (nSPS) is 9.00. The largest absolute Gasteiger partial charge is 0.423 e. The summed E-state index contributed by atoms with van der Waals surface area (Å²) in [6, 6.07) is 18.0. The number of esters is 1.